The fourth-order valence-electron chi connectivity index (χ4n) is 1.03. The van der Waals surface area contributed by atoms with Gasteiger partial charge in [0.05, 0.1) is 0 Å². The van der Waals surface area contributed by atoms with E-state index in [0.717, 1.165) is 0 Å². The van der Waals surface area contributed by atoms with Crippen molar-refractivity contribution >= 4 is 33.5 Å². The number of halogens is 1. The maximum atomic E-state index is 11.6. The molecular formula is C10H11BrN2O3. The molecule has 0 saturated carbocycles. The first-order chi connectivity index (χ1) is 7.41. The summed E-state index contributed by atoms with van der Waals surface area (Å²) in [6, 6.07) is 3.74. The number of carboxylic acids is 1. The maximum absolute atomic E-state index is 11.6. The van der Waals surface area contributed by atoms with Crippen molar-refractivity contribution in [2.45, 2.75) is 13.0 Å². The van der Waals surface area contributed by atoms with Crippen LogP contribution in [0.5, 0.6) is 0 Å². The summed E-state index contributed by atoms with van der Waals surface area (Å²) < 4.78 is 0.690. The number of carboxylic acid groups (broad SMARTS) is 1. The Labute approximate surface area is 101 Å². The van der Waals surface area contributed by atoms with E-state index in [9.17, 15) is 9.59 Å². The van der Waals surface area contributed by atoms with E-state index in [1.165, 1.54) is 13.0 Å². The molecule has 0 heterocycles. The van der Waals surface area contributed by atoms with E-state index in [1.807, 2.05) is 0 Å². The topological polar surface area (TPSA) is 92.4 Å². The second kappa shape index (κ2) is 4.98. The molecule has 0 aliphatic rings. The number of carbonyl (C=O) groups excluding carboxylic acids is 1. The zero-order valence-electron chi connectivity index (χ0n) is 8.53. The van der Waals surface area contributed by atoms with Crippen LogP contribution in [0.25, 0.3) is 0 Å². The van der Waals surface area contributed by atoms with Crippen molar-refractivity contribution in [1.82, 2.24) is 5.32 Å². The molecule has 0 fully saturated rings. The van der Waals surface area contributed by atoms with Crippen LogP contribution in [0.15, 0.2) is 22.7 Å². The van der Waals surface area contributed by atoms with Crippen LogP contribution in [0.1, 0.15) is 17.3 Å². The van der Waals surface area contributed by atoms with Crippen molar-refractivity contribution in [3.05, 3.63) is 28.2 Å². The molecule has 1 atom stereocenters. The molecule has 0 saturated heterocycles. The van der Waals surface area contributed by atoms with E-state index in [2.05, 4.69) is 21.2 Å². The number of aliphatic carboxylic acids is 1. The minimum Gasteiger partial charge on any atom is -0.480 e. The van der Waals surface area contributed by atoms with E-state index in [4.69, 9.17) is 10.8 Å². The Hall–Kier alpha value is -1.56. The molecule has 86 valence electrons. The summed E-state index contributed by atoms with van der Waals surface area (Å²) in [4.78, 5) is 22.1. The van der Waals surface area contributed by atoms with Crippen molar-refractivity contribution in [3.63, 3.8) is 0 Å². The van der Waals surface area contributed by atoms with Gasteiger partial charge in [-0.3, -0.25) is 9.59 Å². The van der Waals surface area contributed by atoms with Gasteiger partial charge in [-0.05, 0) is 41.1 Å². The Balaban J connectivity index is 2.81. The lowest BCUT2D eigenvalue weighted by Gasteiger charge is -2.09. The van der Waals surface area contributed by atoms with Gasteiger partial charge in [-0.1, -0.05) is 0 Å². The summed E-state index contributed by atoms with van der Waals surface area (Å²) in [5.41, 5.74) is 6.36. The molecule has 16 heavy (non-hydrogen) atoms. The molecule has 0 aliphatic carbocycles. The van der Waals surface area contributed by atoms with Gasteiger partial charge in [0.2, 0.25) is 0 Å². The van der Waals surface area contributed by atoms with Gasteiger partial charge in [0.1, 0.15) is 6.04 Å². The van der Waals surface area contributed by atoms with Gasteiger partial charge in [0, 0.05) is 15.7 Å². The van der Waals surface area contributed by atoms with Crippen molar-refractivity contribution < 1.29 is 14.7 Å². The summed E-state index contributed by atoms with van der Waals surface area (Å²) in [5.74, 6) is -1.55. The van der Waals surface area contributed by atoms with Crippen LogP contribution in [0, 0.1) is 0 Å². The molecule has 1 aromatic rings. The van der Waals surface area contributed by atoms with Crippen molar-refractivity contribution in [1.29, 1.82) is 0 Å². The first kappa shape index (κ1) is 12.5. The molecule has 5 nitrogen and oxygen atoms in total. The molecule has 0 aliphatic heterocycles. The Morgan fingerprint density at radius 2 is 2.12 bits per heavy atom. The summed E-state index contributed by atoms with van der Waals surface area (Å²) in [6.45, 7) is 1.39. The highest BCUT2D eigenvalue weighted by Gasteiger charge is 2.15. The third-order valence-electron chi connectivity index (χ3n) is 1.98. The number of amides is 1. The number of carbonyl (C=O) groups is 2. The molecule has 1 aromatic carbocycles. The van der Waals surface area contributed by atoms with Crippen molar-refractivity contribution in [2.75, 3.05) is 5.73 Å². The minimum atomic E-state index is -1.08. The van der Waals surface area contributed by atoms with Crippen LogP contribution in [-0.4, -0.2) is 23.0 Å². The van der Waals surface area contributed by atoms with Crippen LogP contribution >= 0.6 is 15.9 Å². The molecule has 0 unspecified atom stereocenters. The second-order valence-corrected chi connectivity index (χ2v) is 4.12. The molecule has 1 amide bonds. The predicted octanol–water partition coefficient (Wildman–Crippen LogP) is 1.23. The highest BCUT2D eigenvalue weighted by atomic mass is 79.9. The lowest BCUT2D eigenvalue weighted by molar-refractivity contribution is -0.138. The van der Waals surface area contributed by atoms with Gasteiger partial charge in [0.15, 0.2) is 0 Å². The monoisotopic (exact) mass is 286 g/mol. The highest BCUT2D eigenvalue weighted by Crippen LogP contribution is 2.20. The van der Waals surface area contributed by atoms with Crippen LogP contribution in [0.3, 0.4) is 0 Å². The number of hydrogen-bond acceptors (Lipinski definition) is 3. The predicted molar refractivity (Wildman–Crippen MR) is 63.1 cm³/mol. The van der Waals surface area contributed by atoms with Crippen LogP contribution in [0.2, 0.25) is 0 Å². The average molecular weight is 287 g/mol. The first-order valence-electron chi connectivity index (χ1n) is 4.50. The standard InChI is InChI=1S/C10H11BrN2O3/c1-5(10(15)16)13-9(14)6-2-3-7(11)8(12)4-6/h2-5H,12H2,1H3,(H,13,14)(H,15,16)/t5-/m1/s1. The van der Waals surface area contributed by atoms with Crippen LogP contribution < -0.4 is 11.1 Å². The summed E-state index contributed by atoms with van der Waals surface area (Å²) in [7, 11) is 0. The lowest BCUT2D eigenvalue weighted by Crippen LogP contribution is -2.38. The van der Waals surface area contributed by atoms with Gasteiger partial charge in [-0.25, -0.2) is 0 Å². The fourth-order valence-corrected chi connectivity index (χ4v) is 1.27. The van der Waals surface area contributed by atoms with Gasteiger partial charge in [-0.15, -0.1) is 0 Å². The molecule has 0 spiro atoms. The van der Waals surface area contributed by atoms with E-state index >= 15 is 0 Å². The Morgan fingerprint density at radius 3 is 2.62 bits per heavy atom. The van der Waals surface area contributed by atoms with Crippen LogP contribution in [0.4, 0.5) is 5.69 Å². The van der Waals surface area contributed by atoms with E-state index in [1.54, 1.807) is 12.1 Å². The fraction of sp³-hybridized carbons (Fsp3) is 0.200. The molecule has 0 radical (unpaired) electrons. The number of nitrogens with one attached hydrogen (secondary N) is 1. The van der Waals surface area contributed by atoms with Crippen LogP contribution in [-0.2, 0) is 4.79 Å². The number of benzene rings is 1. The zero-order chi connectivity index (χ0) is 12.3. The average Bonchev–Trinajstić information content (AvgIpc) is 2.21. The normalized spacial score (nSPS) is 11.9. The summed E-state index contributed by atoms with van der Waals surface area (Å²) in [5, 5.41) is 11.0. The highest BCUT2D eigenvalue weighted by molar-refractivity contribution is 9.10. The molecule has 4 N–H and O–H groups in total. The number of nitrogen functional groups attached to an aromatic ring is 1. The van der Waals surface area contributed by atoms with E-state index < -0.39 is 17.9 Å². The SMILES string of the molecule is C[C@@H](NC(=O)c1ccc(Br)c(N)c1)C(=O)O. The summed E-state index contributed by atoms with van der Waals surface area (Å²) in [6.07, 6.45) is 0. The van der Waals surface area contributed by atoms with Crippen molar-refractivity contribution in [3.8, 4) is 0 Å². The summed E-state index contributed by atoms with van der Waals surface area (Å²) >= 11 is 3.20. The largest absolute Gasteiger partial charge is 0.480 e. The third kappa shape index (κ3) is 2.96. The molecule has 0 bridgehead atoms. The molecular weight excluding hydrogens is 276 g/mol. The van der Waals surface area contributed by atoms with Gasteiger partial charge in [0.25, 0.3) is 5.91 Å². The minimum absolute atomic E-state index is 0.328. The maximum Gasteiger partial charge on any atom is 0.325 e. The van der Waals surface area contributed by atoms with Gasteiger partial charge < -0.3 is 16.2 Å². The molecule has 1 rings (SSSR count). The zero-order valence-corrected chi connectivity index (χ0v) is 10.1. The molecule has 6 heteroatoms. The molecule has 0 aromatic heterocycles. The number of nitrogens with two attached hydrogens (primary N) is 1. The number of rotatable bonds is 3. The quantitative estimate of drug-likeness (QED) is 0.729. The number of hydrogen-bond donors (Lipinski definition) is 3. The first-order valence-corrected chi connectivity index (χ1v) is 5.30. The number of anilines is 1. The Kier molecular flexibility index (Phi) is 3.89. The van der Waals surface area contributed by atoms with Crippen molar-refractivity contribution in [2.24, 2.45) is 0 Å². The smallest absolute Gasteiger partial charge is 0.325 e. The Bertz CT molecular complexity index is 434. The van der Waals surface area contributed by atoms with Gasteiger partial charge in [-0.2, -0.15) is 0 Å². The Morgan fingerprint density at radius 1 is 1.50 bits per heavy atom. The lowest BCUT2D eigenvalue weighted by atomic mass is 10.2. The van der Waals surface area contributed by atoms with E-state index in [-0.39, 0.29) is 0 Å². The second-order valence-electron chi connectivity index (χ2n) is 3.27. The van der Waals surface area contributed by atoms with Gasteiger partial charge >= 0.3 is 5.97 Å². The van der Waals surface area contributed by atoms with E-state index in [0.29, 0.717) is 15.7 Å². The third-order valence-corrected chi connectivity index (χ3v) is 2.70.